The molecule has 3 aromatic rings. The third-order valence-corrected chi connectivity index (χ3v) is 5.24. The molecule has 0 spiro atoms. The highest BCUT2D eigenvalue weighted by Crippen LogP contribution is 2.30. The van der Waals surface area contributed by atoms with Crippen molar-refractivity contribution in [2.45, 2.75) is 24.2 Å². The summed E-state index contributed by atoms with van der Waals surface area (Å²) in [6.07, 6.45) is 2.42. The molecule has 2 aromatic carbocycles. The molecule has 1 aliphatic rings. The minimum absolute atomic E-state index is 0.0189. The predicted molar refractivity (Wildman–Crippen MR) is 94.7 cm³/mol. The second-order valence-corrected chi connectivity index (χ2v) is 7.47. The number of hydrogen-bond acceptors (Lipinski definition) is 4. The van der Waals surface area contributed by atoms with E-state index in [1.165, 1.54) is 16.8 Å². The number of fused-ring (bicyclic) bond motifs is 1. The standard InChI is InChI=1S/C18H16N2O5S/c21-18-14-7-4-8-15(14)19-20(18)12-9-10-16(17(11-12)26(22,23)24)25-13-5-2-1-3-6-13/h1-3,5-6,9-11,19H,4,7-8H2,(H,22,23,24). The molecule has 1 heterocycles. The van der Waals surface area contributed by atoms with Crippen molar-refractivity contribution in [1.29, 1.82) is 0 Å². The van der Waals surface area contributed by atoms with Crippen molar-refractivity contribution in [2.24, 2.45) is 0 Å². The Kier molecular flexibility index (Phi) is 3.93. The molecule has 0 unspecified atom stereocenters. The van der Waals surface area contributed by atoms with Crippen molar-refractivity contribution in [3.05, 3.63) is 70.1 Å². The van der Waals surface area contributed by atoms with Crippen molar-refractivity contribution < 1.29 is 17.7 Å². The van der Waals surface area contributed by atoms with Crippen LogP contribution in [-0.4, -0.2) is 22.8 Å². The fourth-order valence-corrected chi connectivity index (χ4v) is 3.78. The van der Waals surface area contributed by atoms with E-state index >= 15 is 0 Å². The van der Waals surface area contributed by atoms with Crippen LogP contribution in [0.25, 0.3) is 5.69 Å². The summed E-state index contributed by atoms with van der Waals surface area (Å²) in [6, 6.07) is 12.8. The molecular weight excluding hydrogens is 356 g/mol. The van der Waals surface area contributed by atoms with E-state index in [4.69, 9.17) is 4.74 Å². The first kappa shape index (κ1) is 16.6. The summed E-state index contributed by atoms with van der Waals surface area (Å²) < 4.78 is 40.1. The molecule has 2 N–H and O–H groups in total. The van der Waals surface area contributed by atoms with Gasteiger partial charge in [-0.15, -0.1) is 0 Å². The van der Waals surface area contributed by atoms with Crippen molar-refractivity contribution in [1.82, 2.24) is 9.78 Å². The van der Waals surface area contributed by atoms with Gasteiger partial charge >= 0.3 is 0 Å². The Bertz CT molecular complexity index is 1130. The monoisotopic (exact) mass is 372 g/mol. The number of H-pyrrole nitrogens is 1. The van der Waals surface area contributed by atoms with Gasteiger partial charge in [-0.05, 0) is 49.6 Å². The lowest BCUT2D eigenvalue weighted by Gasteiger charge is -2.11. The van der Waals surface area contributed by atoms with Gasteiger partial charge in [-0.3, -0.25) is 14.4 Å². The van der Waals surface area contributed by atoms with E-state index in [1.807, 2.05) is 0 Å². The second kappa shape index (κ2) is 6.15. The van der Waals surface area contributed by atoms with Crippen LogP contribution in [-0.2, 0) is 23.0 Å². The number of nitrogens with zero attached hydrogens (tertiary/aromatic N) is 1. The van der Waals surface area contributed by atoms with E-state index < -0.39 is 15.0 Å². The van der Waals surface area contributed by atoms with Crippen molar-refractivity contribution >= 4 is 10.1 Å². The summed E-state index contributed by atoms with van der Waals surface area (Å²) in [6.45, 7) is 0. The summed E-state index contributed by atoms with van der Waals surface area (Å²) in [7, 11) is -4.55. The van der Waals surface area contributed by atoms with Gasteiger partial charge < -0.3 is 4.74 Å². The van der Waals surface area contributed by atoms with Crippen LogP contribution in [0, 0.1) is 0 Å². The lowest BCUT2D eigenvalue weighted by molar-refractivity contribution is 0.449. The van der Waals surface area contributed by atoms with Gasteiger partial charge in [0.05, 0.1) is 5.69 Å². The Morgan fingerprint density at radius 1 is 1.08 bits per heavy atom. The Hall–Kier alpha value is -2.84. The lowest BCUT2D eigenvalue weighted by atomic mass is 10.2. The molecule has 0 atom stereocenters. The minimum Gasteiger partial charge on any atom is -0.456 e. The molecule has 4 rings (SSSR count). The molecule has 0 saturated carbocycles. The van der Waals surface area contributed by atoms with Gasteiger partial charge in [-0.1, -0.05) is 18.2 Å². The van der Waals surface area contributed by atoms with Crippen molar-refractivity contribution in [3.63, 3.8) is 0 Å². The van der Waals surface area contributed by atoms with Gasteiger partial charge in [0, 0.05) is 11.3 Å². The Morgan fingerprint density at radius 2 is 1.85 bits per heavy atom. The Labute approximate surface area is 149 Å². The minimum atomic E-state index is -4.55. The molecular formula is C18H16N2O5S. The maximum absolute atomic E-state index is 12.5. The molecule has 0 bridgehead atoms. The van der Waals surface area contributed by atoms with Crippen molar-refractivity contribution in [3.8, 4) is 17.2 Å². The SMILES string of the molecule is O=c1c2c([nH]n1-c1ccc(Oc3ccccc3)c(S(=O)(=O)O)c1)CCC2. The van der Waals surface area contributed by atoms with E-state index in [1.54, 1.807) is 36.4 Å². The van der Waals surface area contributed by atoms with E-state index in [0.717, 1.165) is 24.1 Å². The molecule has 134 valence electrons. The molecule has 7 nitrogen and oxygen atoms in total. The molecule has 26 heavy (non-hydrogen) atoms. The van der Waals surface area contributed by atoms with Crippen LogP contribution >= 0.6 is 0 Å². The fourth-order valence-electron chi connectivity index (χ4n) is 3.14. The summed E-state index contributed by atoms with van der Waals surface area (Å²) in [4.78, 5) is 12.1. The maximum atomic E-state index is 12.5. The molecule has 0 radical (unpaired) electrons. The molecule has 0 aliphatic heterocycles. The topological polar surface area (TPSA) is 101 Å². The Balaban J connectivity index is 1.81. The van der Waals surface area contributed by atoms with Gasteiger partial charge in [0.15, 0.2) is 0 Å². The highest BCUT2D eigenvalue weighted by atomic mass is 32.2. The summed E-state index contributed by atoms with van der Waals surface area (Å²) in [5, 5.41) is 3.01. The van der Waals surface area contributed by atoms with Crippen LogP contribution in [0.2, 0.25) is 0 Å². The lowest BCUT2D eigenvalue weighted by Crippen LogP contribution is -2.17. The number of aromatic amines is 1. The number of aryl methyl sites for hydroxylation is 1. The third-order valence-electron chi connectivity index (χ3n) is 4.36. The number of para-hydroxylation sites is 1. The van der Waals surface area contributed by atoms with E-state index in [9.17, 15) is 17.8 Å². The van der Waals surface area contributed by atoms with Crippen LogP contribution in [0.3, 0.4) is 0 Å². The molecule has 0 fully saturated rings. The summed E-state index contributed by atoms with van der Waals surface area (Å²) in [5.74, 6) is 0.413. The number of rotatable bonds is 4. The van der Waals surface area contributed by atoms with Gasteiger partial charge in [-0.25, -0.2) is 4.68 Å². The third kappa shape index (κ3) is 2.93. The van der Waals surface area contributed by atoms with Gasteiger partial charge in [0.1, 0.15) is 16.4 Å². The zero-order chi connectivity index (χ0) is 18.3. The molecule has 1 aliphatic carbocycles. The number of hydrogen-bond donors (Lipinski definition) is 2. The van der Waals surface area contributed by atoms with Crippen molar-refractivity contribution in [2.75, 3.05) is 0 Å². The largest absolute Gasteiger partial charge is 0.456 e. The normalized spacial score (nSPS) is 13.6. The van der Waals surface area contributed by atoms with Gasteiger partial charge in [-0.2, -0.15) is 8.42 Å². The van der Waals surface area contributed by atoms with Crippen LogP contribution in [0.1, 0.15) is 17.7 Å². The highest BCUT2D eigenvalue weighted by molar-refractivity contribution is 7.86. The maximum Gasteiger partial charge on any atom is 0.298 e. The van der Waals surface area contributed by atoms with E-state index in [2.05, 4.69) is 5.10 Å². The van der Waals surface area contributed by atoms with E-state index in [0.29, 0.717) is 17.9 Å². The molecule has 8 heteroatoms. The average molecular weight is 372 g/mol. The fraction of sp³-hybridized carbons (Fsp3) is 0.167. The van der Waals surface area contributed by atoms with Crippen LogP contribution in [0.4, 0.5) is 0 Å². The first-order valence-corrected chi connectivity index (χ1v) is 9.55. The number of benzene rings is 2. The zero-order valence-corrected chi connectivity index (χ0v) is 14.5. The molecule has 0 amide bonds. The van der Waals surface area contributed by atoms with Crippen LogP contribution < -0.4 is 10.3 Å². The van der Waals surface area contributed by atoms with E-state index in [-0.39, 0.29) is 11.3 Å². The summed E-state index contributed by atoms with van der Waals surface area (Å²) in [5.41, 5.74) is 1.71. The first-order valence-electron chi connectivity index (χ1n) is 8.11. The average Bonchev–Trinajstić information content (AvgIpc) is 3.19. The number of ether oxygens (including phenoxy) is 1. The van der Waals surface area contributed by atoms with Gasteiger partial charge in [0.25, 0.3) is 15.7 Å². The zero-order valence-electron chi connectivity index (χ0n) is 13.7. The Morgan fingerprint density at radius 3 is 2.54 bits per heavy atom. The van der Waals surface area contributed by atoms with Crippen LogP contribution in [0.5, 0.6) is 11.5 Å². The first-order chi connectivity index (χ1) is 12.4. The van der Waals surface area contributed by atoms with Gasteiger partial charge in [0.2, 0.25) is 0 Å². The highest BCUT2D eigenvalue weighted by Gasteiger charge is 2.23. The quantitative estimate of drug-likeness (QED) is 0.686. The van der Waals surface area contributed by atoms with Crippen LogP contribution in [0.15, 0.2) is 58.2 Å². The molecule has 0 saturated heterocycles. The predicted octanol–water partition coefficient (Wildman–Crippen LogP) is 2.69. The smallest absolute Gasteiger partial charge is 0.298 e. The number of nitrogens with one attached hydrogen (secondary N) is 1. The molecule has 1 aromatic heterocycles. The second-order valence-electron chi connectivity index (χ2n) is 6.08. The summed E-state index contributed by atoms with van der Waals surface area (Å²) >= 11 is 0. The number of aromatic nitrogens is 2.